The Morgan fingerprint density at radius 2 is 1.95 bits per heavy atom. The lowest BCUT2D eigenvalue weighted by Gasteiger charge is -2.31. The predicted molar refractivity (Wildman–Crippen MR) is 81.4 cm³/mol. The van der Waals surface area contributed by atoms with Gasteiger partial charge in [-0.05, 0) is 43.5 Å². The molecule has 0 aliphatic carbocycles. The maximum absolute atomic E-state index is 12.3. The first-order valence-corrected chi connectivity index (χ1v) is 6.82. The largest absolute Gasteiger partial charge is 0.339 e. The summed E-state index contributed by atoms with van der Waals surface area (Å²) in [4.78, 5) is 14.1. The molecule has 0 radical (unpaired) electrons. The van der Waals surface area contributed by atoms with Gasteiger partial charge in [0.25, 0.3) is 5.91 Å². The zero-order valence-electron chi connectivity index (χ0n) is 10.4. The fraction of sp³-hybridized carbons (Fsp3) is 0.462. The summed E-state index contributed by atoms with van der Waals surface area (Å²) in [5, 5.41) is 0.951. The molecule has 2 rings (SSSR count). The van der Waals surface area contributed by atoms with Gasteiger partial charge in [-0.15, -0.1) is 12.4 Å². The van der Waals surface area contributed by atoms with Crippen molar-refractivity contribution in [3.8, 4) is 0 Å². The van der Waals surface area contributed by atoms with E-state index in [0.29, 0.717) is 28.1 Å². The smallest absolute Gasteiger partial charge is 0.255 e. The average molecular weight is 324 g/mol. The molecule has 0 aromatic heterocycles. The zero-order valence-corrected chi connectivity index (χ0v) is 12.8. The monoisotopic (exact) mass is 322 g/mol. The molecular formula is C13H17Cl3N2O. The highest BCUT2D eigenvalue weighted by Crippen LogP contribution is 2.24. The van der Waals surface area contributed by atoms with Crippen LogP contribution >= 0.6 is 35.6 Å². The molecule has 6 heteroatoms. The Bertz CT molecular complexity index is 446. The number of nitrogens with zero attached hydrogens (tertiary/aromatic N) is 1. The minimum Gasteiger partial charge on any atom is -0.339 e. The first kappa shape index (κ1) is 16.6. The Hall–Kier alpha value is -0.480. The lowest BCUT2D eigenvalue weighted by Crippen LogP contribution is -2.40. The number of carbonyl (C=O) groups is 1. The van der Waals surface area contributed by atoms with Crippen LogP contribution in [0.1, 0.15) is 23.2 Å². The van der Waals surface area contributed by atoms with E-state index in [-0.39, 0.29) is 18.3 Å². The molecule has 1 aromatic carbocycles. The van der Waals surface area contributed by atoms with Crippen molar-refractivity contribution >= 4 is 41.5 Å². The van der Waals surface area contributed by atoms with Crippen molar-refractivity contribution in [2.45, 2.75) is 12.8 Å². The number of carbonyl (C=O) groups excluding carboxylic acids is 1. The number of hydrogen-bond acceptors (Lipinski definition) is 2. The maximum atomic E-state index is 12.3. The minimum atomic E-state index is -0.0212. The van der Waals surface area contributed by atoms with Crippen LogP contribution in [0.3, 0.4) is 0 Å². The van der Waals surface area contributed by atoms with Crippen molar-refractivity contribution in [3.63, 3.8) is 0 Å². The number of hydrogen-bond donors (Lipinski definition) is 1. The van der Waals surface area contributed by atoms with E-state index >= 15 is 0 Å². The van der Waals surface area contributed by atoms with Gasteiger partial charge in [-0.25, -0.2) is 0 Å². The summed E-state index contributed by atoms with van der Waals surface area (Å²) in [5.74, 6) is 0.516. The lowest BCUT2D eigenvalue weighted by molar-refractivity contribution is 0.0693. The number of nitrogens with two attached hydrogens (primary N) is 1. The fourth-order valence-electron chi connectivity index (χ4n) is 2.21. The summed E-state index contributed by atoms with van der Waals surface area (Å²) in [6.45, 7) is 2.20. The third-order valence-electron chi connectivity index (χ3n) is 3.40. The quantitative estimate of drug-likeness (QED) is 0.908. The second kappa shape index (κ2) is 7.34. The summed E-state index contributed by atoms with van der Waals surface area (Å²) in [6, 6.07) is 4.97. The van der Waals surface area contributed by atoms with Gasteiger partial charge >= 0.3 is 0 Å². The van der Waals surface area contributed by atoms with Crippen LogP contribution in [0, 0.1) is 5.92 Å². The summed E-state index contributed by atoms with van der Waals surface area (Å²) in [7, 11) is 0. The van der Waals surface area contributed by atoms with Gasteiger partial charge in [-0.2, -0.15) is 0 Å². The Balaban J connectivity index is 0.00000180. The van der Waals surface area contributed by atoms with E-state index in [0.717, 1.165) is 25.9 Å². The number of piperidine rings is 1. The van der Waals surface area contributed by atoms with Crippen LogP contribution in [0.25, 0.3) is 0 Å². The summed E-state index contributed by atoms with van der Waals surface area (Å²) >= 11 is 11.9. The summed E-state index contributed by atoms with van der Waals surface area (Å²) < 4.78 is 0. The van der Waals surface area contributed by atoms with Gasteiger partial charge < -0.3 is 10.6 Å². The topological polar surface area (TPSA) is 46.3 Å². The van der Waals surface area contributed by atoms with E-state index in [9.17, 15) is 4.79 Å². The van der Waals surface area contributed by atoms with Gasteiger partial charge in [0.1, 0.15) is 0 Å². The van der Waals surface area contributed by atoms with Crippen molar-refractivity contribution in [1.82, 2.24) is 4.90 Å². The number of amides is 1. The fourth-order valence-corrected chi connectivity index (χ4v) is 2.69. The number of benzene rings is 1. The van der Waals surface area contributed by atoms with E-state index in [1.54, 1.807) is 18.2 Å². The second-order valence-corrected chi connectivity index (χ2v) is 5.44. The van der Waals surface area contributed by atoms with E-state index in [1.165, 1.54) is 0 Å². The molecule has 1 heterocycles. The molecule has 1 fully saturated rings. The molecule has 1 saturated heterocycles. The molecule has 1 aliphatic rings. The first-order chi connectivity index (χ1) is 8.61. The van der Waals surface area contributed by atoms with Gasteiger partial charge in [0.15, 0.2) is 0 Å². The predicted octanol–water partition coefficient (Wildman–Crippen LogP) is 3.23. The summed E-state index contributed by atoms with van der Waals surface area (Å²) in [6.07, 6.45) is 1.93. The SMILES string of the molecule is Cl.NCC1CCN(C(=O)c2ccc(Cl)cc2Cl)CC1. The van der Waals surface area contributed by atoms with Crippen LogP contribution < -0.4 is 5.73 Å². The van der Waals surface area contributed by atoms with E-state index < -0.39 is 0 Å². The highest BCUT2D eigenvalue weighted by Gasteiger charge is 2.24. The van der Waals surface area contributed by atoms with Gasteiger partial charge in [0.2, 0.25) is 0 Å². The van der Waals surface area contributed by atoms with Crippen LogP contribution in [0.5, 0.6) is 0 Å². The number of halogens is 3. The van der Waals surface area contributed by atoms with Crippen molar-refractivity contribution in [1.29, 1.82) is 0 Å². The van der Waals surface area contributed by atoms with Gasteiger partial charge in [0, 0.05) is 18.1 Å². The molecule has 19 heavy (non-hydrogen) atoms. The minimum absolute atomic E-state index is 0. The molecule has 0 bridgehead atoms. The van der Waals surface area contributed by atoms with E-state index in [1.807, 2.05) is 4.90 Å². The van der Waals surface area contributed by atoms with Crippen molar-refractivity contribution in [3.05, 3.63) is 33.8 Å². The van der Waals surface area contributed by atoms with Crippen LogP contribution in [0.2, 0.25) is 10.0 Å². The standard InChI is InChI=1S/C13H16Cl2N2O.ClH/c14-10-1-2-11(12(15)7-10)13(18)17-5-3-9(8-16)4-6-17;/h1-2,7,9H,3-6,8,16H2;1H. The third kappa shape index (κ3) is 3.99. The summed E-state index contributed by atoms with van der Waals surface area (Å²) in [5.41, 5.74) is 6.16. The molecule has 3 nitrogen and oxygen atoms in total. The lowest BCUT2D eigenvalue weighted by atomic mass is 9.96. The van der Waals surface area contributed by atoms with Crippen molar-refractivity contribution < 1.29 is 4.79 Å². The number of likely N-dealkylation sites (tertiary alicyclic amines) is 1. The second-order valence-electron chi connectivity index (χ2n) is 4.60. The molecule has 2 N–H and O–H groups in total. The first-order valence-electron chi connectivity index (χ1n) is 6.06. The molecule has 1 aromatic rings. The molecule has 0 unspecified atom stereocenters. The molecule has 0 saturated carbocycles. The van der Waals surface area contributed by atoms with Gasteiger partial charge in [-0.1, -0.05) is 23.2 Å². The zero-order chi connectivity index (χ0) is 13.1. The average Bonchev–Trinajstić information content (AvgIpc) is 2.38. The highest BCUT2D eigenvalue weighted by atomic mass is 35.5. The van der Waals surface area contributed by atoms with Crippen LogP contribution in [0.4, 0.5) is 0 Å². The van der Waals surface area contributed by atoms with Crippen LogP contribution in [-0.2, 0) is 0 Å². The Labute approximate surface area is 129 Å². The Morgan fingerprint density at radius 3 is 2.47 bits per heavy atom. The third-order valence-corrected chi connectivity index (χ3v) is 3.94. The van der Waals surface area contributed by atoms with Gasteiger partial charge in [-0.3, -0.25) is 4.79 Å². The van der Waals surface area contributed by atoms with Crippen molar-refractivity contribution in [2.75, 3.05) is 19.6 Å². The highest BCUT2D eigenvalue weighted by molar-refractivity contribution is 6.36. The number of rotatable bonds is 2. The van der Waals surface area contributed by atoms with Crippen LogP contribution in [0.15, 0.2) is 18.2 Å². The molecule has 0 spiro atoms. The molecule has 1 amide bonds. The van der Waals surface area contributed by atoms with E-state index in [4.69, 9.17) is 28.9 Å². The molecule has 1 aliphatic heterocycles. The maximum Gasteiger partial charge on any atom is 0.255 e. The Morgan fingerprint density at radius 1 is 1.32 bits per heavy atom. The van der Waals surface area contributed by atoms with Crippen molar-refractivity contribution in [2.24, 2.45) is 11.7 Å². The van der Waals surface area contributed by atoms with E-state index in [2.05, 4.69) is 0 Å². The van der Waals surface area contributed by atoms with Crippen LogP contribution in [-0.4, -0.2) is 30.4 Å². The normalized spacial score (nSPS) is 16.1. The Kier molecular flexibility index (Phi) is 6.40. The molecular weight excluding hydrogens is 307 g/mol. The molecule has 106 valence electrons. The van der Waals surface area contributed by atoms with Gasteiger partial charge in [0.05, 0.1) is 10.6 Å². The molecule has 0 atom stereocenters.